The molecule has 0 bridgehead atoms. The molecule has 1 aromatic carbocycles. The molecule has 5 nitrogen and oxygen atoms in total. The molecule has 2 aromatic heterocycles. The molecule has 0 spiro atoms. The highest BCUT2D eigenvalue weighted by Crippen LogP contribution is 2.26. The van der Waals surface area contributed by atoms with E-state index < -0.39 is 0 Å². The fourth-order valence-electron chi connectivity index (χ4n) is 3.12. The number of ether oxygens (including phenoxy) is 1. The molecule has 0 saturated carbocycles. The van der Waals surface area contributed by atoms with Crippen LogP contribution in [0.25, 0.3) is 11.0 Å². The van der Waals surface area contributed by atoms with Crippen LogP contribution in [-0.4, -0.2) is 28.4 Å². The van der Waals surface area contributed by atoms with Crippen molar-refractivity contribution in [3.8, 4) is 5.75 Å². The number of thiazole rings is 1. The van der Waals surface area contributed by atoms with Crippen molar-refractivity contribution in [2.75, 3.05) is 13.2 Å². The highest BCUT2D eigenvalue weighted by molar-refractivity contribution is 7.15. The van der Waals surface area contributed by atoms with Crippen LogP contribution in [0, 0.1) is 0 Å². The maximum atomic E-state index is 12.0. The van der Waals surface area contributed by atoms with E-state index >= 15 is 0 Å². The fourth-order valence-corrected chi connectivity index (χ4v) is 4.13. The maximum Gasteiger partial charge on any atom is 0.244 e. The van der Waals surface area contributed by atoms with Crippen molar-refractivity contribution in [3.05, 3.63) is 57.8 Å². The number of hydrogen-bond acceptors (Lipinski definition) is 4. The molecule has 0 unspecified atom stereocenters. The van der Waals surface area contributed by atoms with Crippen molar-refractivity contribution in [1.82, 2.24) is 14.7 Å². The van der Waals surface area contributed by atoms with E-state index in [0.29, 0.717) is 24.0 Å². The second kappa shape index (κ2) is 7.51. The third-order valence-corrected chi connectivity index (χ3v) is 5.42. The van der Waals surface area contributed by atoms with Crippen molar-refractivity contribution in [2.45, 2.75) is 19.3 Å². The van der Waals surface area contributed by atoms with Crippen LogP contribution in [0.1, 0.15) is 23.2 Å². The Hall–Kier alpha value is -2.31. The Bertz CT molecular complexity index is 976. The first-order valence-electron chi connectivity index (χ1n) is 8.52. The minimum atomic E-state index is -0.191. The maximum absolute atomic E-state index is 12.0. The lowest BCUT2D eigenvalue weighted by molar-refractivity contribution is -0.116. The van der Waals surface area contributed by atoms with Gasteiger partial charge in [0.25, 0.3) is 0 Å². The van der Waals surface area contributed by atoms with Gasteiger partial charge in [-0.2, -0.15) is 0 Å². The topological polar surface area (TPSA) is 55.6 Å². The number of aryl methyl sites for hydroxylation is 2. The number of amides is 1. The second-order valence-electron chi connectivity index (χ2n) is 6.10. The first kappa shape index (κ1) is 17.1. The van der Waals surface area contributed by atoms with E-state index in [1.807, 2.05) is 22.0 Å². The zero-order valence-electron chi connectivity index (χ0n) is 14.1. The number of hydrogen-bond donors (Lipinski definition) is 1. The molecule has 1 amide bonds. The molecule has 4 rings (SSSR count). The van der Waals surface area contributed by atoms with Crippen molar-refractivity contribution in [2.24, 2.45) is 0 Å². The number of carbonyl (C=O) groups is 1. The predicted octanol–water partition coefficient (Wildman–Crippen LogP) is 3.75. The fraction of sp³-hybridized carbons (Fsp3) is 0.263. The average molecular weight is 388 g/mol. The van der Waals surface area contributed by atoms with E-state index in [0.717, 1.165) is 23.6 Å². The summed E-state index contributed by atoms with van der Waals surface area (Å²) in [5, 5.41) is 5.12. The van der Waals surface area contributed by atoms with E-state index in [2.05, 4.69) is 22.4 Å². The van der Waals surface area contributed by atoms with Crippen LogP contribution >= 0.6 is 22.9 Å². The van der Waals surface area contributed by atoms with Gasteiger partial charge in [0, 0.05) is 17.7 Å². The largest absolute Gasteiger partial charge is 0.492 e. The molecule has 134 valence electrons. The van der Waals surface area contributed by atoms with Gasteiger partial charge < -0.3 is 10.1 Å². The molecule has 2 heterocycles. The Balaban J connectivity index is 1.26. The lowest BCUT2D eigenvalue weighted by atomic mass is 10.1. The SMILES string of the molecule is O=C(C=Cc1c(Cl)nc2sccn12)NCCOc1ccc2c(c1)CCC2. The van der Waals surface area contributed by atoms with Gasteiger partial charge in [-0.15, -0.1) is 11.3 Å². The number of carbonyl (C=O) groups excluding carboxylic acids is 1. The van der Waals surface area contributed by atoms with Crippen LogP contribution < -0.4 is 10.1 Å². The van der Waals surface area contributed by atoms with Gasteiger partial charge >= 0.3 is 0 Å². The summed E-state index contributed by atoms with van der Waals surface area (Å²) in [4.78, 5) is 17.0. The van der Waals surface area contributed by atoms with Crippen molar-refractivity contribution < 1.29 is 9.53 Å². The molecule has 0 fully saturated rings. The van der Waals surface area contributed by atoms with Crippen LogP contribution in [0.4, 0.5) is 0 Å². The Morgan fingerprint density at radius 2 is 2.27 bits per heavy atom. The predicted molar refractivity (Wildman–Crippen MR) is 104 cm³/mol. The molecule has 0 atom stereocenters. The number of benzene rings is 1. The standard InChI is InChI=1S/C19H18ClN3O2S/c20-18-16(23-9-11-26-19(23)22-18)6-7-17(24)21-8-10-25-15-5-4-13-2-1-3-14(13)12-15/h4-7,9,11-12H,1-3,8,10H2,(H,21,24). The van der Waals surface area contributed by atoms with E-state index in [4.69, 9.17) is 16.3 Å². The summed E-state index contributed by atoms with van der Waals surface area (Å²) in [7, 11) is 0. The van der Waals surface area contributed by atoms with E-state index in [1.165, 1.54) is 35.0 Å². The Morgan fingerprint density at radius 1 is 1.38 bits per heavy atom. The number of halogens is 1. The monoisotopic (exact) mass is 387 g/mol. The third kappa shape index (κ3) is 3.61. The first-order valence-corrected chi connectivity index (χ1v) is 9.78. The molecule has 1 aliphatic carbocycles. The molecule has 3 aromatic rings. The van der Waals surface area contributed by atoms with E-state index in [-0.39, 0.29) is 5.91 Å². The lowest BCUT2D eigenvalue weighted by Gasteiger charge is -2.08. The molecule has 0 radical (unpaired) electrons. The van der Waals surface area contributed by atoms with Crippen LogP contribution in [-0.2, 0) is 17.6 Å². The summed E-state index contributed by atoms with van der Waals surface area (Å²) < 4.78 is 7.58. The molecule has 1 N–H and O–H groups in total. The Labute approximate surface area is 160 Å². The highest BCUT2D eigenvalue weighted by atomic mass is 35.5. The van der Waals surface area contributed by atoms with E-state index in [9.17, 15) is 4.79 Å². The highest BCUT2D eigenvalue weighted by Gasteiger charge is 2.11. The van der Waals surface area contributed by atoms with Crippen molar-refractivity contribution in [3.63, 3.8) is 0 Å². The first-order chi connectivity index (χ1) is 12.7. The minimum absolute atomic E-state index is 0.191. The number of aromatic nitrogens is 2. The number of nitrogens with zero attached hydrogens (tertiary/aromatic N) is 2. The third-order valence-electron chi connectivity index (χ3n) is 4.39. The van der Waals surface area contributed by atoms with Gasteiger partial charge in [-0.1, -0.05) is 17.7 Å². The zero-order chi connectivity index (χ0) is 17.9. The summed E-state index contributed by atoms with van der Waals surface area (Å²) in [6.45, 7) is 0.870. The summed E-state index contributed by atoms with van der Waals surface area (Å²) in [6, 6.07) is 6.25. The summed E-state index contributed by atoms with van der Waals surface area (Å²) >= 11 is 7.59. The lowest BCUT2D eigenvalue weighted by Crippen LogP contribution is -2.26. The number of rotatable bonds is 6. The summed E-state index contributed by atoms with van der Waals surface area (Å²) in [6.07, 6.45) is 8.52. The summed E-state index contributed by atoms with van der Waals surface area (Å²) in [5.74, 6) is 0.671. The van der Waals surface area contributed by atoms with Crippen LogP contribution in [0.15, 0.2) is 35.9 Å². The molecule has 0 aliphatic heterocycles. The number of fused-ring (bicyclic) bond motifs is 2. The quantitative estimate of drug-likeness (QED) is 0.517. The number of imidazole rings is 1. The molecule has 1 aliphatic rings. The van der Waals surface area contributed by atoms with Crippen molar-refractivity contribution >= 4 is 39.9 Å². The molecular weight excluding hydrogens is 370 g/mol. The van der Waals surface area contributed by atoms with Gasteiger partial charge in [-0.25, -0.2) is 4.98 Å². The van der Waals surface area contributed by atoms with Gasteiger partial charge in [-0.3, -0.25) is 9.20 Å². The summed E-state index contributed by atoms with van der Waals surface area (Å²) in [5.41, 5.74) is 3.51. The normalized spacial score (nSPS) is 13.4. The van der Waals surface area contributed by atoms with Crippen molar-refractivity contribution in [1.29, 1.82) is 0 Å². The molecule has 26 heavy (non-hydrogen) atoms. The Kier molecular flexibility index (Phi) is 4.95. The van der Waals surface area contributed by atoms with Crippen LogP contribution in [0.3, 0.4) is 0 Å². The Morgan fingerprint density at radius 3 is 3.19 bits per heavy atom. The van der Waals surface area contributed by atoms with Crippen LogP contribution in [0.5, 0.6) is 5.75 Å². The number of nitrogens with one attached hydrogen (secondary N) is 1. The smallest absolute Gasteiger partial charge is 0.244 e. The molecular formula is C19H18ClN3O2S. The van der Waals surface area contributed by atoms with Gasteiger partial charge in [0.2, 0.25) is 5.91 Å². The average Bonchev–Trinajstić information content (AvgIpc) is 3.33. The van der Waals surface area contributed by atoms with Gasteiger partial charge in [0.1, 0.15) is 12.4 Å². The molecule has 0 saturated heterocycles. The minimum Gasteiger partial charge on any atom is -0.492 e. The van der Waals surface area contributed by atoms with E-state index in [1.54, 1.807) is 6.08 Å². The molecule has 7 heteroatoms. The van der Waals surface area contributed by atoms with Gasteiger partial charge in [0.15, 0.2) is 10.1 Å². The van der Waals surface area contributed by atoms with Gasteiger partial charge in [-0.05, 0) is 48.6 Å². The van der Waals surface area contributed by atoms with Crippen LogP contribution in [0.2, 0.25) is 5.15 Å². The van der Waals surface area contributed by atoms with Gasteiger partial charge in [0.05, 0.1) is 12.2 Å². The zero-order valence-corrected chi connectivity index (χ0v) is 15.6. The second-order valence-corrected chi connectivity index (χ2v) is 7.33.